The molecule has 0 aliphatic heterocycles. The van der Waals surface area contributed by atoms with Crippen molar-refractivity contribution < 1.29 is 22.3 Å². The highest BCUT2D eigenvalue weighted by atomic mass is 127. The van der Waals surface area contributed by atoms with Crippen LogP contribution in [0.15, 0.2) is 52.1 Å². The fourth-order valence-corrected chi connectivity index (χ4v) is 2.37. The molecule has 1 aromatic carbocycles. The van der Waals surface area contributed by atoms with Gasteiger partial charge in [-0.3, -0.25) is 0 Å². The second kappa shape index (κ2) is 13.5. The minimum absolute atomic E-state index is 0. The van der Waals surface area contributed by atoms with Gasteiger partial charge < -0.3 is 19.8 Å². The van der Waals surface area contributed by atoms with Crippen molar-refractivity contribution in [3.63, 3.8) is 0 Å². The summed E-state index contributed by atoms with van der Waals surface area (Å²) in [5.41, 5.74) is 1.65. The number of furan rings is 1. The SMILES string of the molecule is CCCNC(=NCc1ccc(COCC(F)(F)F)cc1)NCCc1ccco1.I. The van der Waals surface area contributed by atoms with E-state index in [9.17, 15) is 13.2 Å². The number of nitrogens with zero attached hydrogens (tertiary/aromatic N) is 1. The molecular weight excluding hydrogens is 498 g/mol. The summed E-state index contributed by atoms with van der Waals surface area (Å²) in [5, 5.41) is 6.52. The summed E-state index contributed by atoms with van der Waals surface area (Å²) in [5.74, 6) is 1.62. The Morgan fingerprint density at radius 3 is 2.38 bits per heavy atom. The maximum atomic E-state index is 12.1. The lowest BCUT2D eigenvalue weighted by atomic mass is 10.1. The molecule has 2 aromatic rings. The Hall–Kier alpha value is -1.75. The lowest BCUT2D eigenvalue weighted by molar-refractivity contribution is -0.176. The number of benzene rings is 1. The first-order chi connectivity index (χ1) is 13.5. The van der Waals surface area contributed by atoms with Gasteiger partial charge in [-0.25, -0.2) is 4.99 Å². The molecule has 0 amide bonds. The van der Waals surface area contributed by atoms with Gasteiger partial charge in [0.2, 0.25) is 0 Å². The van der Waals surface area contributed by atoms with Gasteiger partial charge in [0.15, 0.2) is 5.96 Å². The van der Waals surface area contributed by atoms with E-state index in [2.05, 4.69) is 27.3 Å². The van der Waals surface area contributed by atoms with Crippen LogP contribution in [0.1, 0.15) is 30.2 Å². The molecule has 0 saturated heterocycles. The van der Waals surface area contributed by atoms with Crippen LogP contribution in [0.4, 0.5) is 13.2 Å². The van der Waals surface area contributed by atoms with Crippen LogP contribution >= 0.6 is 24.0 Å². The van der Waals surface area contributed by atoms with E-state index in [4.69, 9.17) is 4.42 Å². The van der Waals surface area contributed by atoms with Crippen molar-refractivity contribution in [1.82, 2.24) is 10.6 Å². The van der Waals surface area contributed by atoms with E-state index in [0.29, 0.717) is 24.6 Å². The summed E-state index contributed by atoms with van der Waals surface area (Å²) in [7, 11) is 0. The van der Waals surface area contributed by atoms with Gasteiger partial charge in [0.1, 0.15) is 12.4 Å². The molecule has 0 fully saturated rings. The predicted molar refractivity (Wildman–Crippen MR) is 117 cm³/mol. The van der Waals surface area contributed by atoms with Gasteiger partial charge in [0.25, 0.3) is 0 Å². The molecule has 1 heterocycles. The number of hydrogen-bond acceptors (Lipinski definition) is 3. The minimum atomic E-state index is -4.31. The van der Waals surface area contributed by atoms with E-state index in [1.54, 1.807) is 18.4 Å². The molecule has 0 radical (unpaired) electrons. The lowest BCUT2D eigenvalue weighted by Crippen LogP contribution is -2.38. The Kier molecular flexibility index (Phi) is 11.7. The van der Waals surface area contributed by atoms with Crippen LogP contribution < -0.4 is 10.6 Å². The number of ether oxygens (including phenoxy) is 1. The number of aliphatic imine (C=N–C) groups is 1. The summed E-state index contributed by atoms with van der Waals surface area (Å²) in [4.78, 5) is 4.56. The zero-order valence-electron chi connectivity index (χ0n) is 16.3. The smallest absolute Gasteiger partial charge is 0.411 e. The topological polar surface area (TPSA) is 58.8 Å². The quantitative estimate of drug-likeness (QED) is 0.269. The number of halogens is 4. The van der Waals surface area contributed by atoms with E-state index >= 15 is 0 Å². The maximum Gasteiger partial charge on any atom is 0.411 e. The molecule has 29 heavy (non-hydrogen) atoms. The molecular formula is C20H27F3IN3O2. The first-order valence-corrected chi connectivity index (χ1v) is 9.23. The van der Waals surface area contributed by atoms with Crippen molar-refractivity contribution in [1.29, 1.82) is 0 Å². The predicted octanol–water partition coefficient (Wildman–Crippen LogP) is 4.66. The van der Waals surface area contributed by atoms with Gasteiger partial charge in [-0.2, -0.15) is 13.2 Å². The molecule has 0 aliphatic rings. The zero-order valence-corrected chi connectivity index (χ0v) is 18.6. The van der Waals surface area contributed by atoms with Gasteiger partial charge >= 0.3 is 6.18 Å². The van der Waals surface area contributed by atoms with Gasteiger partial charge in [-0.15, -0.1) is 24.0 Å². The van der Waals surface area contributed by atoms with Crippen molar-refractivity contribution in [2.75, 3.05) is 19.7 Å². The number of guanidine groups is 1. The summed E-state index contributed by atoms with van der Waals surface area (Å²) < 4.78 is 46.3. The Morgan fingerprint density at radius 2 is 1.76 bits per heavy atom. The van der Waals surface area contributed by atoms with Crippen LogP contribution in [-0.2, 0) is 24.3 Å². The van der Waals surface area contributed by atoms with Crippen LogP contribution in [0.2, 0.25) is 0 Å². The van der Waals surface area contributed by atoms with Crippen molar-refractivity contribution in [2.24, 2.45) is 4.99 Å². The molecule has 0 saturated carbocycles. The molecule has 0 atom stereocenters. The second-order valence-electron chi connectivity index (χ2n) is 6.27. The fourth-order valence-electron chi connectivity index (χ4n) is 2.37. The van der Waals surface area contributed by atoms with Gasteiger partial charge in [0.05, 0.1) is 19.4 Å². The molecule has 2 rings (SSSR count). The van der Waals surface area contributed by atoms with Crippen LogP contribution in [0.25, 0.3) is 0 Å². The molecule has 0 aliphatic carbocycles. The Balaban J connectivity index is 0.00000420. The summed E-state index contributed by atoms with van der Waals surface area (Å²) in [6.45, 7) is 2.73. The molecule has 0 unspecified atom stereocenters. The third kappa shape index (κ3) is 11.1. The van der Waals surface area contributed by atoms with Gasteiger partial charge in [-0.05, 0) is 29.7 Å². The van der Waals surface area contributed by atoms with Crippen LogP contribution in [-0.4, -0.2) is 31.8 Å². The monoisotopic (exact) mass is 525 g/mol. The fraction of sp³-hybridized carbons (Fsp3) is 0.450. The summed E-state index contributed by atoms with van der Waals surface area (Å²) >= 11 is 0. The molecule has 0 spiro atoms. The third-order valence-electron chi connectivity index (χ3n) is 3.76. The molecule has 1 aromatic heterocycles. The van der Waals surface area contributed by atoms with Crippen LogP contribution in [0.5, 0.6) is 0 Å². The number of hydrogen-bond donors (Lipinski definition) is 2. The Morgan fingerprint density at radius 1 is 1.07 bits per heavy atom. The standard InChI is InChI=1S/C20H26F3N3O2.HI/c1-2-10-24-19(25-11-9-18-4-3-12-28-18)26-13-16-5-7-17(8-6-16)14-27-15-20(21,22)23;/h3-8,12H,2,9-11,13-15H2,1H3,(H2,24,25,26);1H. The highest BCUT2D eigenvalue weighted by Gasteiger charge is 2.27. The van der Waals surface area contributed by atoms with Crippen molar-refractivity contribution >= 4 is 29.9 Å². The van der Waals surface area contributed by atoms with E-state index < -0.39 is 12.8 Å². The number of alkyl halides is 3. The highest BCUT2D eigenvalue weighted by Crippen LogP contribution is 2.16. The minimum Gasteiger partial charge on any atom is -0.469 e. The van der Waals surface area contributed by atoms with Crippen LogP contribution in [0.3, 0.4) is 0 Å². The lowest BCUT2D eigenvalue weighted by Gasteiger charge is -2.12. The van der Waals surface area contributed by atoms with Crippen molar-refractivity contribution in [2.45, 2.75) is 39.1 Å². The molecule has 5 nitrogen and oxygen atoms in total. The van der Waals surface area contributed by atoms with E-state index in [1.165, 1.54) is 0 Å². The normalized spacial score (nSPS) is 11.8. The average Bonchev–Trinajstić information content (AvgIpc) is 3.17. The van der Waals surface area contributed by atoms with Crippen molar-refractivity contribution in [3.8, 4) is 0 Å². The molecule has 0 bridgehead atoms. The molecule has 9 heteroatoms. The maximum absolute atomic E-state index is 12.1. The largest absolute Gasteiger partial charge is 0.469 e. The van der Waals surface area contributed by atoms with E-state index in [0.717, 1.165) is 30.7 Å². The average molecular weight is 525 g/mol. The molecule has 162 valence electrons. The van der Waals surface area contributed by atoms with E-state index in [-0.39, 0.29) is 30.6 Å². The summed E-state index contributed by atoms with van der Waals surface area (Å²) in [6.07, 6.45) is -0.921. The molecule has 2 N–H and O–H groups in total. The number of nitrogens with one attached hydrogen (secondary N) is 2. The Labute approximate surface area is 186 Å². The third-order valence-corrected chi connectivity index (χ3v) is 3.76. The van der Waals surface area contributed by atoms with Crippen molar-refractivity contribution in [3.05, 3.63) is 59.5 Å². The van der Waals surface area contributed by atoms with Gasteiger partial charge in [0, 0.05) is 19.5 Å². The first kappa shape index (κ1) is 25.3. The zero-order chi connectivity index (χ0) is 20.2. The summed E-state index contributed by atoms with van der Waals surface area (Å²) in [6, 6.07) is 11.0. The second-order valence-corrected chi connectivity index (χ2v) is 6.27. The Bertz CT molecular complexity index is 705. The first-order valence-electron chi connectivity index (χ1n) is 9.23. The van der Waals surface area contributed by atoms with E-state index in [1.807, 2.05) is 24.3 Å². The highest BCUT2D eigenvalue weighted by molar-refractivity contribution is 14.0. The van der Waals surface area contributed by atoms with Crippen LogP contribution in [0, 0.1) is 0 Å². The number of rotatable bonds is 10. The van der Waals surface area contributed by atoms with Gasteiger partial charge in [-0.1, -0.05) is 31.2 Å².